The second-order valence-corrected chi connectivity index (χ2v) is 2.19. The molecule has 0 heterocycles. The van der Waals surface area contributed by atoms with Crippen LogP contribution in [0, 0.1) is 11.8 Å². The second-order valence-electron chi connectivity index (χ2n) is 2.19. The molecule has 1 rings (SSSR count). The van der Waals surface area contributed by atoms with Crippen molar-refractivity contribution in [3.63, 3.8) is 0 Å². The minimum absolute atomic E-state index is 0. The normalized spacial score (nSPS) is 6.44. The van der Waals surface area contributed by atoms with Crippen molar-refractivity contribution in [3.05, 3.63) is 54.1 Å². The van der Waals surface area contributed by atoms with E-state index in [1.165, 1.54) is 7.11 Å². The molecule has 2 radical (unpaired) electrons. The standard InChI is InChI=1S/C10H10O2.CN.Cu.Li/c1-12-10(11)8-7-9-5-3-2-4-6-9;1-2;;/h2-7,11H,1H3;;;/q;-1;+2;/p-1. The van der Waals surface area contributed by atoms with Gasteiger partial charge in [-0.1, -0.05) is 36.1 Å². The third-order valence-corrected chi connectivity index (χ3v) is 1.34. The number of hydrogen-bond acceptors (Lipinski definition) is 3. The van der Waals surface area contributed by atoms with Crippen molar-refractivity contribution in [2.75, 3.05) is 7.11 Å². The van der Waals surface area contributed by atoms with Gasteiger partial charge in [0.2, 0.25) is 0 Å². The van der Waals surface area contributed by atoms with Crippen molar-refractivity contribution in [3.8, 4) is 0 Å². The molecule has 0 atom stereocenters. The maximum Gasteiger partial charge on any atom is 2.00 e. The fraction of sp³-hybridized carbons (Fsp3) is 0.0909. The maximum atomic E-state index is 10.6. The average Bonchev–Trinajstić information content (AvgIpc) is 2.30. The zero-order chi connectivity index (χ0) is 10.8. The molecule has 3 nitrogen and oxygen atoms in total. The largest absolute Gasteiger partial charge is 2.00 e. The topological polar surface area (TPSA) is 56.1 Å². The number of methoxy groups -OCH3 is 1. The summed E-state index contributed by atoms with van der Waals surface area (Å²) in [6, 6.07) is 9.47. The van der Waals surface area contributed by atoms with Crippen LogP contribution in [0.15, 0.2) is 42.0 Å². The van der Waals surface area contributed by atoms with E-state index in [0.717, 1.165) is 5.56 Å². The third-order valence-electron chi connectivity index (χ3n) is 1.34. The van der Waals surface area contributed by atoms with E-state index in [-0.39, 0.29) is 35.9 Å². The third kappa shape index (κ3) is 9.50. The summed E-state index contributed by atoms with van der Waals surface area (Å²) in [4.78, 5) is 0. The number of rotatable bonds is 2. The first kappa shape index (κ1) is 20.4. The Hall–Kier alpha value is -1.05. The Morgan fingerprint density at radius 3 is 2.31 bits per heavy atom. The van der Waals surface area contributed by atoms with Gasteiger partial charge < -0.3 is 21.7 Å². The Kier molecular flexibility index (Phi) is 17.8. The molecule has 1 aromatic rings. The van der Waals surface area contributed by atoms with Gasteiger partial charge in [0.15, 0.2) is 0 Å². The molecule has 0 fully saturated rings. The number of benzene rings is 1. The van der Waals surface area contributed by atoms with Crippen LogP contribution < -0.4 is 5.11 Å². The Balaban J connectivity index is -0.000000399. The van der Waals surface area contributed by atoms with Crippen LogP contribution in [0.1, 0.15) is 5.56 Å². The molecule has 0 unspecified atom stereocenters. The second kappa shape index (κ2) is 13.9. The van der Waals surface area contributed by atoms with Gasteiger partial charge in [0.1, 0.15) is 0 Å². The molecule has 5 heteroatoms. The van der Waals surface area contributed by atoms with Gasteiger partial charge in [-0.25, -0.2) is 0 Å². The van der Waals surface area contributed by atoms with E-state index in [9.17, 15) is 5.11 Å². The molecule has 16 heavy (non-hydrogen) atoms. The van der Waals surface area contributed by atoms with E-state index in [2.05, 4.69) is 10.5 Å². The van der Waals surface area contributed by atoms with Crippen LogP contribution >= 0.6 is 0 Å². The van der Waals surface area contributed by atoms with Gasteiger partial charge >= 0.3 is 17.1 Å². The van der Waals surface area contributed by atoms with Gasteiger partial charge in [0.25, 0.3) is 0 Å². The molecule has 0 aliphatic heterocycles. The van der Waals surface area contributed by atoms with Crippen molar-refractivity contribution in [1.82, 2.24) is 0 Å². The summed E-state index contributed by atoms with van der Waals surface area (Å²) in [5, 5.41) is 16.9. The van der Waals surface area contributed by atoms with Crippen molar-refractivity contribution < 1.29 is 26.9 Å². The van der Waals surface area contributed by atoms with Crippen molar-refractivity contribution in [1.29, 1.82) is 5.26 Å². The molecule has 0 aliphatic carbocycles. The Labute approximate surface area is 118 Å². The van der Waals surface area contributed by atoms with Crippen LogP contribution in [0.2, 0.25) is 0 Å². The van der Waals surface area contributed by atoms with Gasteiger partial charge in [0.05, 0.1) is 5.95 Å². The summed E-state index contributed by atoms with van der Waals surface area (Å²) in [5.41, 5.74) is 3.40. The smallest absolute Gasteiger partial charge is 0.611 e. The molecule has 0 bridgehead atoms. The zero-order valence-corrected chi connectivity index (χ0v) is 9.97. The summed E-state index contributed by atoms with van der Waals surface area (Å²) in [6.07, 6.45) is 1.59. The number of nitrogens with zero attached hydrogens (tertiary/aromatic N) is 1. The zero-order valence-electron chi connectivity index (χ0n) is 9.03. The molecule has 0 amide bonds. The molecule has 1 aromatic carbocycles. The molecule has 0 aromatic heterocycles. The monoisotopic (exact) mass is 257 g/mol. The van der Waals surface area contributed by atoms with Gasteiger partial charge in [-0.05, 0) is 18.7 Å². The number of ether oxygens (including phenoxy) is 1. The minimum Gasteiger partial charge on any atom is -0.611 e. The van der Waals surface area contributed by atoms with E-state index >= 15 is 0 Å². The Morgan fingerprint density at radius 1 is 1.38 bits per heavy atom. The molecule has 0 N–H and O–H groups in total. The quantitative estimate of drug-likeness (QED) is 0.342. The Bertz CT molecular complexity index is 346. The van der Waals surface area contributed by atoms with Gasteiger partial charge in [-0.2, -0.15) is 0 Å². The van der Waals surface area contributed by atoms with Crippen LogP contribution in [0.4, 0.5) is 0 Å². The fourth-order valence-electron chi connectivity index (χ4n) is 0.750. The van der Waals surface area contributed by atoms with Crippen LogP contribution in [-0.2, 0) is 21.8 Å². The molecule has 82 valence electrons. The van der Waals surface area contributed by atoms with E-state index in [0.29, 0.717) is 0 Å². The van der Waals surface area contributed by atoms with Gasteiger partial charge in [-0.15, -0.1) is 0 Å². The molecule has 0 spiro atoms. The average molecular weight is 258 g/mol. The molecule has 0 aliphatic rings. The fourth-order valence-corrected chi connectivity index (χ4v) is 0.750. The molecule has 0 saturated carbocycles. The van der Waals surface area contributed by atoms with Gasteiger partial charge in [0, 0.05) is 18.9 Å². The predicted molar refractivity (Wildman–Crippen MR) is 55.7 cm³/mol. The van der Waals surface area contributed by atoms with Gasteiger partial charge in [-0.3, -0.25) is 0 Å². The van der Waals surface area contributed by atoms with Crippen LogP contribution in [0.5, 0.6) is 0 Å². The van der Waals surface area contributed by atoms with E-state index in [1.807, 2.05) is 30.3 Å². The van der Waals surface area contributed by atoms with Crippen LogP contribution in [0.3, 0.4) is 0 Å². The predicted octanol–water partition coefficient (Wildman–Crippen LogP) is 0.860. The molecular weight excluding hydrogens is 249 g/mol. The van der Waals surface area contributed by atoms with Crippen LogP contribution in [-0.4, -0.2) is 26.0 Å². The summed E-state index contributed by atoms with van der Waals surface area (Å²) in [7, 11) is 1.33. The van der Waals surface area contributed by atoms with E-state index in [1.54, 1.807) is 6.08 Å². The van der Waals surface area contributed by atoms with Crippen molar-refractivity contribution in [2.45, 2.75) is 0 Å². The summed E-state index contributed by atoms with van der Waals surface area (Å²) < 4.78 is 4.39. The molecule has 0 saturated heterocycles. The van der Waals surface area contributed by atoms with Crippen molar-refractivity contribution >= 4 is 24.9 Å². The van der Waals surface area contributed by atoms with E-state index in [4.69, 9.17) is 11.8 Å². The molecular formula is C11H9CuLiNO2. The number of hydrogen-bond donors (Lipinski definition) is 0. The maximum absolute atomic E-state index is 10.6. The van der Waals surface area contributed by atoms with Crippen LogP contribution in [0.25, 0.3) is 6.08 Å². The summed E-state index contributed by atoms with van der Waals surface area (Å²) >= 11 is 0. The minimum atomic E-state index is -0.459. The summed E-state index contributed by atoms with van der Waals surface area (Å²) in [6.45, 7) is 4.75. The first-order chi connectivity index (χ1) is 6.83. The summed E-state index contributed by atoms with van der Waals surface area (Å²) in [5.74, 6) is -0.459. The SMILES string of the molecule is COC([O-])=C=Cc1ccccc1.[C-]#N.[Cu+2].[Li]. The van der Waals surface area contributed by atoms with Crippen molar-refractivity contribution in [2.24, 2.45) is 0 Å². The Morgan fingerprint density at radius 2 is 1.88 bits per heavy atom. The van der Waals surface area contributed by atoms with E-state index < -0.39 is 5.95 Å². The first-order valence-electron chi connectivity index (χ1n) is 3.78. The first-order valence-corrected chi connectivity index (χ1v) is 3.78.